The minimum absolute atomic E-state index is 0.618. The predicted molar refractivity (Wildman–Crippen MR) is 253 cm³/mol. The van der Waals surface area contributed by atoms with Gasteiger partial charge in [-0.05, 0) is 75.3 Å². The molecule has 4 nitrogen and oxygen atoms in total. The first-order valence-electron chi connectivity index (χ1n) is 20.5. The summed E-state index contributed by atoms with van der Waals surface area (Å²) in [5, 5.41) is 0. The highest BCUT2D eigenvalue weighted by molar-refractivity contribution is 5.89. The molecule has 1 heterocycles. The van der Waals surface area contributed by atoms with Gasteiger partial charge in [-0.25, -0.2) is 15.0 Å². The van der Waals surface area contributed by atoms with Gasteiger partial charge in [-0.3, -0.25) is 0 Å². The van der Waals surface area contributed by atoms with Gasteiger partial charge >= 0.3 is 0 Å². The first-order valence-corrected chi connectivity index (χ1v) is 20.5. The van der Waals surface area contributed by atoms with Crippen LogP contribution >= 0.6 is 0 Å². The molecule has 10 rings (SSSR count). The summed E-state index contributed by atoms with van der Waals surface area (Å²) < 4.78 is 0. The summed E-state index contributed by atoms with van der Waals surface area (Å²) in [5.41, 5.74) is 15.2. The zero-order chi connectivity index (χ0) is 40.8. The average Bonchev–Trinajstić information content (AvgIpc) is 3.36. The molecule has 4 heteroatoms. The van der Waals surface area contributed by atoms with Crippen molar-refractivity contribution in [2.45, 2.75) is 0 Å². The van der Waals surface area contributed by atoms with Gasteiger partial charge in [0.25, 0.3) is 0 Å². The van der Waals surface area contributed by atoms with E-state index in [1.807, 2.05) is 36.4 Å². The molecular formula is C57H40N4. The van der Waals surface area contributed by atoms with E-state index in [9.17, 15) is 0 Å². The number of para-hydroxylation sites is 1. The number of anilines is 3. The second-order valence-electron chi connectivity index (χ2n) is 14.9. The van der Waals surface area contributed by atoms with E-state index in [0.717, 1.165) is 56.0 Å². The second-order valence-corrected chi connectivity index (χ2v) is 14.9. The smallest absolute Gasteiger partial charge is 0.164 e. The van der Waals surface area contributed by atoms with Crippen LogP contribution in [0.4, 0.5) is 17.1 Å². The largest absolute Gasteiger partial charge is 0.310 e. The Morgan fingerprint density at radius 1 is 0.230 bits per heavy atom. The number of hydrogen-bond donors (Lipinski definition) is 0. The van der Waals surface area contributed by atoms with Crippen molar-refractivity contribution in [1.82, 2.24) is 15.0 Å². The minimum atomic E-state index is 0.618. The van der Waals surface area contributed by atoms with Crippen LogP contribution in [0.3, 0.4) is 0 Å². The Labute approximate surface area is 356 Å². The van der Waals surface area contributed by atoms with Gasteiger partial charge in [-0.15, -0.1) is 0 Å². The number of aromatic nitrogens is 3. The average molecular weight is 781 g/mol. The van der Waals surface area contributed by atoms with E-state index in [4.69, 9.17) is 15.0 Å². The summed E-state index contributed by atoms with van der Waals surface area (Å²) in [5.74, 6) is 1.88. The first-order chi connectivity index (χ1) is 30.2. The lowest BCUT2D eigenvalue weighted by atomic mass is 9.99. The Kier molecular flexibility index (Phi) is 10.3. The lowest BCUT2D eigenvalue weighted by molar-refractivity contribution is 1.07. The van der Waals surface area contributed by atoms with Crippen LogP contribution in [-0.4, -0.2) is 15.0 Å². The molecule has 0 amide bonds. The van der Waals surface area contributed by atoms with Crippen LogP contribution < -0.4 is 4.90 Å². The van der Waals surface area contributed by atoms with E-state index in [1.165, 1.54) is 22.3 Å². The molecule has 0 bridgehead atoms. The number of hydrogen-bond acceptors (Lipinski definition) is 4. The fourth-order valence-electron chi connectivity index (χ4n) is 7.82. The third kappa shape index (κ3) is 7.99. The molecule has 288 valence electrons. The Morgan fingerprint density at radius 3 is 1.07 bits per heavy atom. The molecule has 0 spiro atoms. The van der Waals surface area contributed by atoms with Crippen LogP contribution in [0.5, 0.6) is 0 Å². The van der Waals surface area contributed by atoms with Gasteiger partial charge in [0.1, 0.15) is 0 Å². The Bertz CT molecular complexity index is 2940. The molecule has 10 aromatic rings. The minimum Gasteiger partial charge on any atom is -0.310 e. The van der Waals surface area contributed by atoms with Gasteiger partial charge in [0.2, 0.25) is 0 Å². The third-order valence-electron chi connectivity index (χ3n) is 11.0. The maximum Gasteiger partial charge on any atom is 0.164 e. The van der Waals surface area contributed by atoms with Crippen LogP contribution in [0.25, 0.3) is 78.7 Å². The number of benzene rings is 9. The molecule has 9 aromatic carbocycles. The van der Waals surface area contributed by atoms with Crippen molar-refractivity contribution in [3.8, 4) is 78.7 Å². The van der Waals surface area contributed by atoms with Crippen molar-refractivity contribution < 1.29 is 0 Å². The highest BCUT2D eigenvalue weighted by Crippen LogP contribution is 2.42. The molecule has 0 aliphatic carbocycles. The molecule has 0 radical (unpaired) electrons. The predicted octanol–water partition coefficient (Wildman–Crippen LogP) is 15.0. The van der Waals surface area contributed by atoms with E-state index in [-0.39, 0.29) is 0 Å². The molecule has 0 unspecified atom stereocenters. The SMILES string of the molecule is c1ccc(-c2ccc(N(c3ccc(-c4ccccc4)cc3)c3ccccc3-c3ccc(-c4nc(-c5ccccc5)nc(-c5cccc(-c6ccccc6)c5)n4)cc3)cc2)cc1. The number of rotatable bonds is 10. The molecule has 0 fully saturated rings. The fraction of sp³-hybridized carbons (Fsp3) is 0. The third-order valence-corrected chi connectivity index (χ3v) is 11.0. The fourth-order valence-corrected chi connectivity index (χ4v) is 7.82. The standard InChI is InChI=1S/C57H40N4/c1-5-16-41(17-6-1)44-32-36-51(37-33-44)61(52-38-34-45(35-39-52)42-18-7-2-8-19-42)54-27-14-13-26-53(54)46-28-30-48(31-29-46)56-58-55(47-22-11-4-12-23-47)59-57(60-56)50-25-15-24-49(40-50)43-20-9-3-10-21-43/h1-40H. The van der Waals surface area contributed by atoms with E-state index in [0.29, 0.717) is 17.5 Å². The monoisotopic (exact) mass is 780 g/mol. The van der Waals surface area contributed by atoms with Gasteiger partial charge in [-0.1, -0.05) is 206 Å². The summed E-state index contributed by atoms with van der Waals surface area (Å²) in [4.78, 5) is 17.5. The lowest BCUT2D eigenvalue weighted by Crippen LogP contribution is -2.11. The van der Waals surface area contributed by atoms with Crippen molar-refractivity contribution in [2.24, 2.45) is 0 Å². The summed E-state index contributed by atoms with van der Waals surface area (Å²) in [6.45, 7) is 0. The van der Waals surface area contributed by atoms with E-state index in [1.54, 1.807) is 0 Å². The summed E-state index contributed by atoms with van der Waals surface area (Å²) in [6.07, 6.45) is 0. The Balaban J connectivity index is 1.04. The second kappa shape index (κ2) is 16.9. The van der Waals surface area contributed by atoms with Crippen LogP contribution in [0.2, 0.25) is 0 Å². The quantitative estimate of drug-likeness (QED) is 0.139. The highest BCUT2D eigenvalue weighted by Gasteiger charge is 2.19. The van der Waals surface area contributed by atoms with Crippen molar-refractivity contribution >= 4 is 17.1 Å². The summed E-state index contributed by atoms with van der Waals surface area (Å²) in [7, 11) is 0. The molecular weight excluding hydrogens is 741 g/mol. The maximum absolute atomic E-state index is 5.09. The van der Waals surface area contributed by atoms with Crippen LogP contribution in [0.1, 0.15) is 0 Å². The van der Waals surface area contributed by atoms with E-state index < -0.39 is 0 Å². The van der Waals surface area contributed by atoms with Gasteiger partial charge in [0, 0.05) is 33.6 Å². The van der Waals surface area contributed by atoms with Crippen LogP contribution in [0, 0.1) is 0 Å². The van der Waals surface area contributed by atoms with Gasteiger partial charge in [-0.2, -0.15) is 0 Å². The Morgan fingerprint density at radius 2 is 0.557 bits per heavy atom. The maximum atomic E-state index is 5.09. The van der Waals surface area contributed by atoms with Crippen LogP contribution in [-0.2, 0) is 0 Å². The first kappa shape index (κ1) is 37.1. The molecule has 0 saturated carbocycles. The zero-order valence-corrected chi connectivity index (χ0v) is 33.4. The highest BCUT2D eigenvalue weighted by atomic mass is 15.1. The molecule has 0 aliphatic rings. The number of nitrogens with zero attached hydrogens (tertiary/aromatic N) is 4. The normalized spacial score (nSPS) is 11.0. The zero-order valence-electron chi connectivity index (χ0n) is 33.4. The summed E-state index contributed by atoms with van der Waals surface area (Å²) in [6, 6.07) is 84.8. The van der Waals surface area contributed by atoms with Crippen molar-refractivity contribution in [2.75, 3.05) is 4.90 Å². The van der Waals surface area contributed by atoms with Gasteiger partial charge in [0.05, 0.1) is 5.69 Å². The molecule has 1 aromatic heterocycles. The molecule has 0 atom stereocenters. The van der Waals surface area contributed by atoms with E-state index >= 15 is 0 Å². The topological polar surface area (TPSA) is 41.9 Å². The van der Waals surface area contributed by atoms with Gasteiger partial charge < -0.3 is 4.90 Å². The molecule has 0 saturated heterocycles. The Hall–Kier alpha value is -8.21. The van der Waals surface area contributed by atoms with E-state index in [2.05, 4.69) is 211 Å². The molecule has 61 heavy (non-hydrogen) atoms. The lowest BCUT2D eigenvalue weighted by Gasteiger charge is -2.28. The summed E-state index contributed by atoms with van der Waals surface area (Å²) >= 11 is 0. The molecule has 0 N–H and O–H groups in total. The van der Waals surface area contributed by atoms with Gasteiger partial charge in [0.15, 0.2) is 17.5 Å². The van der Waals surface area contributed by atoms with Crippen molar-refractivity contribution in [3.05, 3.63) is 243 Å². The molecule has 0 aliphatic heterocycles. The van der Waals surface area contributed by atoms with Crippen molar-refractivity contribution in [1.29, 1.82) is 0 Å². The van der Waals surface area contributed by atoms with Crippen LogP contribution in [0.15, 0.2) is 243 Å². The van der Waals surface area contributed by atoms with Crippen molar-refractivity contribution in [3.63, 3.8) is 0 Å².